The Bertz CT molecular complexity index is 2550. The summed E-state index contributed by atoms with van der Waals surface area (Å²) in [5.41, 5.74) is 12.0. The molecule has 0 aliphatic rings. The number of benzene rings is 8. The Kier molecular flexibility index (Phi) is 6.84. The van der Waals surface area contributed by atoms with E-state index in [2.05, 4.69) is 193 Å². The molecule has 0 atom stereocenters. The lowest BCUT2D eigenvalue weighted by molar-refractivity contribution is 0.670. The third-order valence-corrected chi connectivity index (χ3v) is 9.26. The van der Waals surface area contributed by atoms with Crippen molar-refractivity contribution in [2.24, 2.45) is 0 Å². The molecule has 0 unspecified atom stereocenters. The van der Waals surface area contributed by atoms with Gasteiger partial charge in [-0.15, -0.1) is 0 Å². The smallest absolute Gasteiger partial charge is 0.143 e. The van der Waals surface area contributed by atoms with Crippen LogP contribution in [0.15, 0.2) is 192 Å². The van der Waals surface area contributed by atoms with Crippen molar-refractivity contribution in [2.75, 3.05) is 4.90 Å². The number of furan rings is 1. The average Bonchev–Trinajstić information content (AvgIpc) is 3.53. The fraction of sp³-hybridized carbons (Fsp3) is 0. The van der Waals surface area contributed by atoms with E-state index >= 15 is 0 Å². The van der Waals surface area contributed by atoms with E-state index in [1.165, 1.54) is 21.9 Å². The van der Waals surface area contributed by atoms with E-state index < -0.39 is 0 Å². The van der Waals surface area contributed by atoms with E-state index in [0.717, 1.165) is 61.3 Å². The first kappa shape index (κ1) is 27.9. The fourth-order valence-corrected chi connectivity index (χ4v) is 6.96. The molecule has 0 N–H and O–H groups in total. The average molecular weight is 614 g/mol. The minimum Gasteiger partial charge on any atom is -0.455 e. The van der Waals surface area contributed by atoms with Gasteiger partial charge in [-0.1, -0.05) is 152 Å². The Labute approximate surface area is 279 Å². The van der Waals surface area contributed by atoms with Gasteiger partial charge in [0.2, 0.25) is 0 Å². The van der Waals surface area contributed by atoms with Crippen LogP contribution in [0.4, 0.5) is 17.1 Å². The zero-order valence-electron chi connectivity index (χ0n) is 26.3. The van der Waals surface area contributed by atoms with Gasteiger partial charge in [0.05, 0.1) is 11.4 Å². The van der Waals surface area contributed by atoms with Crippen molar-refractivity contribution in [3.05, 3.63) is 188 Å². The van der Waals surface area contributed by atoms with E-state index in [-0.39, 0.29) is 0 Å². The van der Waals surface area contributed by atoms with Gasteiger partial charge >= 0.3 is 0 Å². The Morgan fingerprint density at radius 1 is 0.354 bits per heavy atom. The maximum absolute atomic E-state index is 6.71. The SMILES string of the molecule is c1ccc(-c2ccc(-c3ccccc3N(c3ccccc3)c3ccccc3-c3cccc4c3oc3cc5ccccc5cc34)cc2)cc1. The van der Waals surface area contributed by atoms with Crippen LogP contribution in [-0.2, 0) is 0 Å². The zero-order chi connectivity index (χ0) is 31.9. The molecule has 0 aliphatic heterocycles. The lowest BCUT2D eigenvalue weighted by atomic mass is 9.96. The fourth-order valence-electron chi connectivity index (χ4n) is 6.96. The molecule has 0 spiro atoms. The largest absolute Gasteiger partial charge is 0.455 e. The summed E-state index contributed by atoms with van der Waals surface area (Å²) in [6.07, 6.45) is 0. The van der Waals surface area contributed by atoms with Gasteiger partial charge in [0.15, 0.2) is 0 Å². The van der Waals surface area contributed by atoms with E-state index in [1.54, 1.807) is 0 Å². The highest BCUT2D eigenvalue weighted by Crippen LogP contribution is 2.46. The Morgan fingerprint density at radius 3 is 1.65 bits per heavy atom. The second-order valence-corrected chi connectivity index (χ2v) is 12.1. The molecule has 1 heterocycles. The molecule has 0 saturated heterocycles. The van der Waals surface area contributed by atoms with E-state index in [9.17, 15) is 0 Å². The molecule has 0 amide bonds. The summed E-state index contributed by atoms with van der Waals surface area (Å²) in [6, 6.07) is 66.8. The highest BCUT2D eigenvalue weighted by atomic mass is 16.3. The van der Waals surface area contributed by atoms with Gasteiger partial charge in [0.1, 0.15) is 11.2 Å². The third-order valence-electron chi connectivity index (χ3n) is 9.26. The van der Waals surface area contributed by atoms with Crippen molar-refractivity contribution in [2.45, 2.75) is 0 Å². The number of hydrogen-bond donors (Lipinski definition) is 0. The summed E-state index contributed by atoms with van der Waals surface area (Å²) in [4.78, 5) is 2.38. The van der Waals surface area contributed by atoms with Crippen LogP contribution in [0.25, 0.3) is 66.1 Å². The first-order valence-electron chi connectivity index (χ1n) is 16.4. The second kappa shape index (κ2) is 11.8. The van der Waals surface area contributed by atoms with Crippen LogP contribution >= 0.6 is 0 Å². The van der Waals surface area contributed by atoms with Gasteiger partial charge in [-0.25, -0.2) is 0 Å². The predicted molar refractivity (Wildman–Crippen MR) is 202 cm³/mol. The number of fused-ring (bicyclic) bond motifs is 4. The molecule has 2 nitrogen and oxygen atoms in total. The number of nitrogens with zero attached hydrogens (tertiary/aromatic N) is 1. The minimum absolute atomic E-state index is 0.896. The van der Waals surface area contributed by atoms with E-state index in [4.69, 9.17) is 4.42 Å². The molecule has 0 aliphatic carbocycles. The van der Waals surface area contributed by atoms with Crippen LogP contribution in [0.2, 0.25) is 0 Å². The summed E-state index contributed by atoms with van der Waals surface area (Å²) in [6.45, 7) is 0. The molecular formula is C46H31NO. The van der Waals surface area contributed by atoms with Crippen molar-refractivity contribution in [1.29, 1.82) is 0 Å². The van der Waals surface area contributed by atoms with Crippen LogP contribution in [0, 0.1) is 0 Å². The monoisotopic (exact) mass is 613 g/mol. The lowest BCUT2D eigenvalue weighted by Crippen LogP contribution is -2.12. The van der Waals surface area contributed by atoms with E-state index in [1.807, 2.05) is 0 Å². The highest BCUT2D eigenvalue weighted by Gasteiger charge is 2.22. The van der Waals surface area contributed by atoms with Gasteiger partial charge in [0.25, 0.3) is 0 Å². The van der Waals surface area contributed by atoms with Gasteiger partial charge in [-0.05, 0) is 63.9 Å². The molecule has 1 aromatic heterocycles. The van der Waals surface area contributed by atoms with Crippen molar-refractivity contribution in [3.8, 4) is 33.4 Å². The van der Waals surface area contributed by atoms with Gasteiger partial charge in [0, 0.05) is 33.2 Å². The van der Waals surface area contributed by atoms with E-state index in [0.29, 0.717) is 0 Å². The predicted octanol–water partition coefficient (Wildman–Crippen LogP) is 13.2. The van der Waals surface area contributed by atoms with Crippen LogP contribution in [-0.4, -0.2) is 0 Å². The maximum atomic E-state index is 6.71. The molecule has 9 rings (SSSR count). The first-order valence-corrected chi connectivity index (χ1v) is 16.4. The first-order chi connectivity index (χ1) is 23.8. The number of rotatable bonds is 6. The number of anilines is 3. The molecule has 0 bridgehead atoms. The van der Waals surface area contributed by atoms with Gasteiger partial charge in [-0.3, -0.25) is 0 Å². The van der Waals surface area contributed by atoms with Gasteiger partial charge < -0.3 is 9.32 Å². The van der Waals surface area contributed by atoms with Crippen molar-refractivity contribution >= 4 is 49.8 Å². The Balaban J connectivity index is 1.23. The van der Waals surface area contributed by atoms with Crippen LogP contribution < -0.4 is 4.90 Å². The normalized spacial score (nSPS) is 11.3. The topological polar surface area (TPSA) is 16.4 Å². The minimum atomic E-state index is 0.896. The molecular weight excluding hydrogens is 583 g/mol. The summed E-state index contributed by atoms with van der Waals surface area (Å²) < 4.78 is 6.71. The lowest BCUT2D eigenvalue weighted by Gasteiger charge is -2.30. The second-order valence-electron chi connectivity index (χ2n) is 12.1. The van der Waals surface area contributed by atoms with Crippen LogP contribution in [0.5, 0.6) is 0 Å². The highest BCUT2D eigenvalue weighted by molar-refractivity contribution is 6.14. The molecule has 9 aromatic rings. The molecule has 0 saturated carbocycles. The molecule has 0 fully saturated rings. The maximum Gasteiger partial charge on any atom is 0.143 e. The standard InChI is InChI=1S/C46H31NO/c1-3-14-32(15-4-1)33-26-28-34(29-27-33)38-20-9-11-24-43(38)47(37-18-5-2-6-19-37)44-25-12-10-21-39(44)40-22-13-23-41-42-30-35-16-7-8-17-36(35)31-45(42)48-46(40)41/h1-31H. The van der Waals surface area contributed by atoms with Crippen LogP contribution in [0.1, 0.15) is 0 Å². The molecule has 2 heteroatoms. The molecule has 0 radical (unpaired) electrons. The van der Waals surface area contributed by atoms with Crippen molar-refractivity contribution < 1.29 is 4.42 Å². The quantitative estimate of drug-likeness (QED) is 0.185. The third kappa shape index (κ3) is 4.83. The molecule has 226 valence electrons. The summed E-state index contributed by atoms with van der Waals surface area (Å²) in [5.74, 6) is 0. The summed E-state index contributed by atoms with van der Waals surface area (Å²) in [5, 5.41) is 4.64. The number of para-hydroxylation sites is 4. The zero-order valence-corrected chi connectivity index (χ0v) is 26.3. The van der Waals surface area contributed by atoms with Crippen molar-refractivity contribution in [1.82, 2.24) is 0 Å². The van der Waals surface area contributed by atoms with Gasteiger partial charge in [-0.2, -0.15) is 0 Å². The summed E-state index contributed by atoms with van der Waals surface area (Å²) in [7, 11) is 0. The summed E-state index contributed by atoms with van der Waals surface area (Å²) >= 11 is 0. The molecule has 48 heavy (non-hydrogen) atoms. The van der Waals surface area contributed by atoms with Crippen LogP contribution in [0.3, 0.4) is 0 Å². The van der Waals surface area contributed by atoms with Crippen molar-refractivity contribution in [3.63, 3.8) is 0 Å². The molecule has 8 aromatic carbocycles. The Hall–Kier alpha value is -6.38. The number of hydrogen-bond acceptors (Lipinski definition) is 2. The Morgan fingerprint density at radius 2 is 0.896 bits per heavy atom.